The van der Waals surface area contributed by atoms with Gasteiger partial charge in [-0.3, -0.25) is 0 Å². The summed E-state index contributed by atoms with van der Waals surface area (Å²) in [5, 5.41) is 7.01. The molecule has 3 aromatic rings. The van der Waals surface area contributed by atoms with Gasteiger partial charge in [0.2, 0.25) is 0 Å². The SMILES string of the molecule is Cc1cccnc1Nc1ncnc(Nc2cccc(Cl)c2Cl)c1N. The number of aromatic nitrogens is 3. The Bertz CT molecular complexity index is 884. The molecule has 0 radical (unpaired) electrons. The lowest BCUT2D eigenvalue weighted by Crippen LogP contribution is -2.06. The summed E-state index contributed by atoms with van der Waals surface area (Å²) in [4.78, 5) is 12.6. The molecule has 2 heterocycles. The number of hydrogen-bond acceptors (Lipinski definition) is 6. The number of hydrogen-bond donors (Lipinski definition) is 3. The molecule has 122 valence electrons. The normalized spacial score (nSPS) is 10.5. The van der Waals surface area contributed by atoms with E-state index in [1.165, 1.54) is 6.33 Å². The van der Waals surface area contributed by atoms with E-state index in [-0.39, 0.29) is 0 Å². The zero-order valence-corrected chi connectivity index (χ0v) is 14.2. The number of anilines is 5. The van der Waals surface area contributed by atoms with Crippen molar-refractivity contribution in [1.29, 1.82) is 0 Å². The van der Waals surface area contributed by atoms with Crippen LogP contribution in [0.2, 0.25) is 10.0 Å². The molecular formula is C16H14Cl2N6. The number of rotatable bonds is 4. The number of nitrogens with zero attached hydrogens (tertiary/aromatic N) is 3. The van der Waals surface area contributed by atoms with Gasteiger partial charge >= 0.3 is 0 Å². The summed E-state index contributed by atoms with van der Waals surface area (Å²) in [6, 6.07) is 9.07. The highest BCUT2D eigenvalue weighted by Gasteiger charge is 2.12. The lowest BCUT2D eigenvalue weighted by molar-refractivity contribution is 1.15. The number of nitrogens with two attached hydrogens (primary N) is 1. The van der Waals surface area contributed by atoms with Crippen molar-refractivity contribution in [2.45, 2.75) is 6.92 Å². The molecule has 0 bridgehead atoms. The van der Waals surface area contributed by atoms with Crippen molar-refractivity contribution in [2.75, 3.05) is 16.4 Å². The molecule has 0 atom stereocenters. The van der Waals surface area contributed by atoms with E-state index in [9.17, 15) is 0 Å². The van der Waals surface area contributed by atoms with E-state index in [0.717, 1.165) is 5.56 Å². The first-order valence-corrected chi connectivity index (χ1v) is 7.82. The maximum Gasteiger partial charge on any atom is 0.160 e. The number of aryl methyl sites for hydroxylation is 1. The minimum atomic E-state index is 0.346. The van der Waals surface area contributed by atoms with Crippen molar-refractivity contribution in [3.8, 4) is 0 Å². The van der Waals surface area contributed by atoms with Crippen LogP contribution < -0.4 is 16.4 Å². The van der Waals surface area contributed by atoms with Gasteiger partial charge in [0.1, 0.15) is 17.8 Å². The van der Waals surface area contributed by atoms with Crippen LogP contribution in [0.4, 0.5) is 28.8 Å². The zero-order valence-electron chi connectivity index (χ0n) is 12.7. The monoisotopic (exact) mass is 360 g/mol. The summed E-state index contributed by atoms with van der Waals surface area (Å²) in [6.45, 7) is 1.94. The Hall–Kier alpha value is -2.57. The fourth-order valence-corrected chi connectivity index (χ4v) is 2.40. The molecule has 3 rings (SSSR count). The fourth-order valence-electron chi connectivity index (χ4n) is 2.05. The maximum atomic E-state index is 6.18. The van der Waals surface area contributed by atoms with Gasteiger partial charge in [0.05, 0.1) is 15.7 Å². The molecule has 0 amide bonds. The average molecular weight is 361 g/mol. The van der Waals surface area contributed by atoms with Crippen LogP contribution >= 0.6 is 23.2 Å². The number of nitrogen functional groups attached to an aromatic ring is 1. The van der Waals surface area contributed by atoms with E-state index in [4.69, 9.17) is 28.9 Å². The van der Waals surface area contributed by atoms with Gasteiger partial charge in [0, 0.05) is 6.20 Å². The van der Waals surface area contributed by atoms with Crippen molar-refractivity contribution in [3.63, 3.8) is 0 Å². The molecule has 4 N–H and O–H groups in total. The van der Waals surface area contributed by atoms with E-state index in [0.29, 0.717) is 38.9 Å². The second-order valence-corrected chi connectivity index (χ2v) is 5.79. The highest BCUT2D eigenvalue weighted by atomic mass is 35.5. The molecule has 6 nitrogen and oxygen atoms in total. The highest BCUT2D eigenvalue weighted by Crippen LogP contribution is 2.34. The second-order valence-electron chi connectivity index (χ2n) is 5.00. The fraction of sp³-hybridized carbons (Fsp3) is 0.0625. The van der Waals surface area contributed by atoms with Crippen LogP contribution in [0.3, 0.4) is 0 Å². The van der Waals surface area contributed by atoms with Crippen molar-refractivity contribution >= 4 is 52.0 Å². The number of pyridine rings is 1. The number of nitrogens with one attached hydrogen (secondary N) is 2. The molecule has 8 heteroatoms. The largest absolute Gasteiger partial charge is 0.393 e. The Kier molecular flexibility index (Phi) is 4.69. The Morgan fingerprint density at radius 3 is 2.42 bits per heavy atom. The van der Waals surface area contributed by atoms with Crippen LogP contribution in [0.25, 0.3) is 0 Å². The third-order valence-corrected chi connectivity index (χ3v) is 4.15. The molecule has 2 aromatic heterocycles. The Balaban J connectivity index is 1.91. The minimum Gasteiger partial charge on any atom is -0.393 e. The molecule has 0 aliphatic heterocycles. The van der Waals surface area contributed by atoms with Crippen molar-refractivity contribution in [3.05, 3.63) is 58.5 Å². The third-order valence-electron chi connectivity index (χ3n) is 3.33. The average Bonchev–Trinajstić information content (AvgIpc) is 2.57. The van der Waals surface area contributed by atoms with Gasteiger partial charge in [-0.1, -0.05) is 35.3 Å². The van der Waals surface area contributed by atoms with E-state index in [1.807, 2.05) is 19.1 Å². The van der Waals surface area contributed by atoms with E-state index < -0.39 is 0 Å². The van der Waals surface area contributed by atoms with E-state index in [2.05, 4.69) is 25.6 Å². The molecule has 0 fully saturated rings. The summed E-state index contributed by atoms with van der Waals surface area (Å²) in [7, 11) is 0. The molecule has 0 spiro atoms. The first kappa shape index (κ1) is 16.3. The van der Waals surface area contributed by atoms with Crippen molar-refractivity contribution < 1.29 is 0 Å². The van der Waals surface area contributed by atoms with Crippen molar-refractivity contribution in [2.24, 2.45) is 0 Å². The van der Waals surface area contributed by atoms with Gasteiger partial charge in [-0.05, 0) is 30.7 Å². The molecular weight excluding hydrogens is 347 g/mol. The summed E-state index contributed by atoms with van der Waals surface area (Å²) in [5.41, 5.74) is 8.09. The molecule has 1 aromatic carbocycles. The van der Waals surface area contributed by atoms with E-state index >= 15 is 0 Å². The number of halogens is 2. The van der Waals surface area contributed by atoms with Crippen LogP contribution in [0.1, 0.15) is 5.56 Å². The van der Waals surface area contributed by atoms with E-state index in [1.54, 1.807) is 24.4 Å². The lowest BCUT2D eigenvalue weighted by Gasteiger charge is -2.14. The van der Waals surface area contributed by atoms with Crippen LogP contribution in [-0.4, -0.2) is 15.0 Å². The Morgan fingerprint density at radius 1 is 0.917 bits per heavy atom. The molecule has 24 heavy (non-hydrogen) atoms. The minimum absolute atomic E-state index is 0.346. The van der Waals surface area contributed by atoms with Crippen LogP contribution in [-0.2, 0) is 0 Å². The van der Waals surface area contributed by atoms with Gasteiger partial charge < -0.3 is 16.4 Å². The topological polar surface area (TPSA) is 88.8 Å². The molecule has 0 aliphatic carbocycles. The molecule has 0 saturated carbocycles. The smallest absolute Gasteiger partial charge is 0.160 e. The summed E-state index contributed by atoms with van der Waals surface area (Å²) in [6.07, 6.45) is 3.09. The van der Waals surface area contributed by atoms with Gasteiger partial charge in [0.25, 0.3) is 0 Å². The van der Waals surface area contributed by atoms with Crippen molar-refractivity contribution in [1.82, 2.24) is 15.0 Å². The predicted octanol–water partition coefficient (Wildman–Crippen LogP) is 4.56. The molecule has 0 unspecified atom stereocenters. The standard InChI is InChI=1S/C16H14Cl2N6/c1-9-4-3-7-20-14(9)24-16-13(19)15(21-8-22-16)23-11-6-2-5-10(17)12(11)18/h2-8H,19H2,1H3,(H2,20,21,22,23,24). The van der Waals surface area contributed by atoms with Crippen LogP contribution in [0.15, 0.2) is 42.9 Å². The van der Waals surface area contributed by atoms with Crippen LogP contribution in [0.5, 0.6) is 0 Å². The molecule has 0 saturated heterocycles. The Morgan fingerprint density at radius 2 is 1.67 bits per heavy atom. The summed E-state index contributed by atoms with van der Waals surface area (Å²) < 4.78 is 0. The highest BCUT2D eigenvalue weighted by molar-refractivity contribution is 6.43. The van der Waals surface area contributed by atoms with Gasteiger partial charge in [-0.25, -0.2) is 15.0 Å². The van der Waals surface area contributed by atoms with Crippen LogP contribution in [0, 0.1) is 6.92 Å². The zero-order chi connectivity index (χ0) is 17.1. The third kappa shape index (κ3) is 3.34. The molecule has 0 aliphatic rings. The Labute approximate surface area is 149 Å². The summed E-state index contributed by atoms with van der Waals surface area (Å²) in [5.74, 6) is 1.55. The first-order valence-electron chi connectivity index (χ1n) is 7.06. The first-order chi connectivity index (χ1) is 11.6. The predicted molar refractivity (Wildman–Crippen MR) is 98.4 cm³/mol. The maximum absolute atomic E-state index is 6.18. The van der Waals surface area contributed by atoms with Gasteiger partial charge in [-0.2, -0.15) is 0 Å². The van der Waals surface area contributed by atoms with Gasteiger partial charge in [0.15, 0.2) is 11.6 Å². The lowest BCUT2D eigenvalue weighted by atomic mass is 10.3. The number of benzene rings is 1. The van der Waals surface area contributed by atoms with Gasteiger partial charge in [-0.15, -0.1) is 0 Å². The summed E-state index contributed by atoms with van der Waals surface area (Å²) >= 11 is 12.2. The second kappa shape index (κ2) is 6.90. The quantitative estimate of drug-likeness (QED) is 0.632.